The highest BCUT2D eigenvalue weighted by Crippen LogP contribution is 2.17. The minimum atomic E-state index is -0.997. The average molecular weight is 344 g/mol. The van der Waals surface area contributed by atoms with Gasteiger partial charge in [-0.1, -0.05) is 11.6 Å². The molecule has 0 aliphatic heterocycles. The van der Waals surface area contributed by atoms with Gasteiger partial charge in [-0.3, -0.25) is 4.79 Å². The summed E-state index contributed by atoms with van der Waals surface area (Å²) >= 11 is 5.76. The number of nitrogens with zero attached hydrogens (tertiary/aromatic N) is 1. The maximum atomic E-state index is 12.3. The van der Waals surface area contributed by atoms with Crippen molar-refractivity contribution in [3.05, 3.63) is 23.0 Å². The number of carbonyl (C=O) groups is 2. The van der Waals surface area contributed by atoms with Crippen LogP contribution in [0.4, 0.5) is 5.69 Å². The summed E-state index contributed by atoms with van der Waals surface area (Å²) < 4.78 is 10.4. The summed E-state index contributed by atoms with van der Waals surface area (Å²) in [5, 5.41) is 2.86. The Bertz CT molecular complexity index is 587. The molecule has 1 amide bonds. The molecule has 0 saturated carbocycles. The Kier molecular flexibility index (Phi) is 6.35. The van der Waals surface area contributed by atoms with Crippen LogP contribution in [0.2, 0.25) is 5.02 Å². The summed E-state index contributed by atoms with van der Waals surface area (Å²) in [4.78, 5) is 28.2. The predicted octanol–water partition coefficient (Wildman–Crippen LogP) is 1.79. The lowest BCUT2D eigenvalue weighted by Crippen LogP contribution is -2.51. The molecule has 23 heavy (non-hydrogen) atoms. The van der Waals surface area contributed by atoms with Crippen molar-refractivity contribution in [3.63, 3.8) is 0 Å². The van der Waals surface area contributed by atoms with E-state index in [1.54, 1.807) is 6.92 Å². The van der Waals surface area contributed by atoms with Gasteiger partial charge in [0, 0.05) is 6.20 Å². The molecule has 3 N–H and O–H groups in total. The zero-order valence-electron chi connectivity index (χ0n) is 13.8. The number of ether oxygens (including phenoxy) is 2. The number of aromatic nitrogens is 1. The highest BCUT2D eigenvalue weighted by Gasteiger charge is 2.32. The molecule has 0 aliphatic rings. The van der Waals surface area contributed by atoms with Crippen LogP contribution in [0, 0.1) is 0 Å². The normalized spacial score (nSPS) is 14.0. The van der Waals surface area contributed by atoms with Gasteiger partial charge < -0.3 is 20.5 Å². The van der Waals surface area contributed by atoms with Crippen LogP contribution in [0.1, 0.15) is 38.2 Å². The second-order valence-electron chi connectivity index (χ2n) is 6.00. The topological polar surface area (TPSA) is 104 Å². The number of pyridine rings is 1. The smallest absolute Gasteiger partial charge is 0.331 e. The molecule has 2 atom stereocenters. The monoisotopic (exact) mass is 343 g/mol. The van der Waals surface area contributed by atoms with Crippen molar-refractivity contribution in [2.45, 2.75) is 45.4 Å². The second kappa shape index (κ2) is 7.61. The molecule has 8 heteroatoms. The van der Waals surface area contributed by atoms with E-state index in [4.69, 9.17) is 26.8 Å². The van der Waals surface area contributed by atoms with E-state index in [2.05, 4.69) is 10.3 Å². The van der Waals surface area contributed by atoms with Crippen LogP contribution in [0.15, 0.2) is 12.3 Å². The minimum absolute atomic E-state index is 0.0220. The van der Waals surface area contributed by atoms with Crippen LogP contribution < -0.4 is 11.1 Å². The first-order valence-corrected chi connectivity index (χ1v) is 7.40. The standard InChI is InChI=1S/C15H22ClN3O4/c1-8(23-15(2,3)4)11(14(21)22-5)19-13(20)12-10(17)6-9(16)7-18-12/h6-8,11H,17H2,1-5H3,(H,19,20)/t8?,11-/m0/s1. The van der Waals surface area contributed by atoms with E-state index in [1.807, 2.05) is 20.8 Å². The third-order valence-corrected chi connectivity index (χ3v) is 3.06. The number of nitrogen functional groups attached to an aromatic ring is 1. The van der Waals surface area contributed by atoms with Crippen LogP contribution in [0.5, 0.6) is 0 Å². The van der Waals surface area contributed by atoms with E-state index >= 15 is 0 Å². The van der Waals surface area contributed by atoms with E-state index in [0.29, 0.717) is 5.02 Å². The molecule has 0 saturated heterocycles. The molecule has 0 aliphatic carbocycles. The maximum absolute atomic E-state index is 12.3. The van der Waals surface area contributed by atoms with Gasteiger partial charge in [-0.25, -0.2) is 9.78 Å². The number of nitrogens with two attached hydrogens (primary N) is 1. The van der Waals surface area contributed by atoms with Crippen LogP contribution in [-0.4, -0.2) is 41.7 Å². The Morgan fingerprint density at radius 2 is 2.00 bits per heavy atom. The lowest BCUT2D eigenvalue weighted by Gasteiger charge is -2.29. The van der Waals surface area contributed by atoms with Crippen molar-refractivity contribution in [1.29, 1.82) is 0 Å². The van der Waals surface area contributed by atoms with E-state index in [0.717, 1.165) is 0 Å². The maximum Gasteiger partial charge on any atom is 0.331 e. The van der Waals surface area contributed by atoms with Gasteiger partial charge in [-0.2, -0.15) is 0 Å². The number of hydrogen-bond acceptors (Lipinski definition) is 6. The van der Waals surface area contributed by atoms with Crippen LogP contribution in [-0.2, 0) is 14.3 Å². The number of halogens is 1. The van der Waals surface area contributed by atoms with E-state index in [-0.39, 0.29) is 11.4 Å². The summed E-state index contributed by atoms with van der Waals surface area (Å²) in [5.41, 5.74) is 5.33. The lowest BCUT2D eigenvalue weighted by molar-refractivity contribution is -0.150. The Morgan fingerprint density at radius 3 is 2.48 bits per heavy atom. The third-order valence-electron chi connectivity index (χ3n) is 2.85. The molecule has 128 valence electrons. The number of carbonyl (C=O) groups excluding carboxylic acids is 2. The minimum Gasteiger partial charge on any atom is -0.467 e. The largest absolute Gasteiger partial charge is 0.467 e. The Balaban J connectivity index is 2.96. The van der Waals surface area contributed by atoms with E-state index in [9.17, 15) is 9.59 Å². The summed E-state index contributed by atoms with van der Waals surface area (Å²) in [6.07, 6.45) is 0.689. The van der Waals surface area contributed by atoms with Gasteiger partial charge in [0.1, 0.15) is 0 Å². The molecule has 0 radical (unpaired) electrons. The van der Waals surface area contributed by atoms with Crippen molar-refractivity contribution in [1.82, 2.24) is 10.3 Å². The summed E-state index contributed by atoms with van der Waals surface area (Å²) in [5.74, 6) is -1.23. The predicted molar refractivity (Wildman–Crippen MR) is 87.2 cm³/mol. The number of nitrogens with one attached hydrogen (secondary N) is 1. The number of anilines is 1. The van der Waals surface area contributed by atoms with Crippen LogP contribution in [0.25, 0.3) is 0 Å². The number of methoxy groups -OCH3 is 1. The fourth-order valence-corrected chi connectivity index (χ4v) is 2.14. The van der Waals surface area contributed by atoms with Crippen LogP contribution >= 0.6 is 11.6 Å². The van der Waals surface area contributed by atoms with Crippen molar-refractivity contribution in [2.75, 3.05) is 12.8 Å². The molecule has 1 rings (SSSR count). The van der Waals surface area contributed by atoms with Gasteiger partial charge in [0.2, 0.25) is 0 Å². The zero-order chi connectivity index (χ0) is 17.8. The molecule has 1 aromatic rings. The van der Waals surface area contributed by atoms with Crippen molar-refractivity contribution in [2.24, 2.45) is 0 Å². The summed E-state index contributed by atoms with van der Waals surface area (Å²) in [7, 11) is 1.24. The van der Waals surface area contributed by atoms with E-state index < -0.39 is 29.6 Å². The fourth-order valence-electron chi connectivity index (χ4n) is 1.97. The molecule has 0 aromatic carbocycles. The van der Waals surface area contributed by atoms with Gasteiger partial charge in [-0.05, 0) is 33.8 Å². The quantitative estimate of drug-likeness (QED) is 0.790. The lowest BCUT2D eigenvalue weighted by atomic mass is 10.1. The molecule has 1 aromatic heterocycles. The van der Waals surface area contributed by atoms with Crippen molar-refractivity contribution in [3.8, 4) is 0 Å². The Labute approximate surface area is 140 Å². The van der Waals surface area contributed by atoms with Gasteiger partial charge in [0.15, 0.2) is 11.7 Å². The molecule has 1 heterocycles. The first-order valence-electron chi connectivity index (χ1n) is 7.02. The molecule has 7 nitrogen and oxygen atoms in total. The van der Waals surface area contributed by atoms with Gasteiger partial charge in [-0.15, -0.1) is 0 Å². The molecule has 0 fully saturated rings. The SMILES string of the molecule is COC(=O)[C@@H](NC(=O)c1ncc(Cl)cc1N)C(C)OC(C)(C)C. The van der Waals surface area contributed by atoms with Gasteiger partial charge >= 0.3 is 5.97 Å². The Morgan fingerprint density at radius 1 is 1.39 bits per heavy atom. The highest BCUT2D eigenvalue weighted by atomic mass is 35.5. The number of rotatable bonds is 5. The Hall–Kier alpha value is -1.86. The summed E-state index contributed by atoms with van der Waals surface area (Å²) in [6.45, 7) is 7.21. The molecular formula is C15H22ClN3O4. The van der Waals surface area contributed by atoms with E-state index in [1.165, 1.54) is 19.4 Å². The highest BCUT2D eigenvalue weighted by molar-refractivity contribution is 6.30. The zero-order valence-corrected chi connectivity index (χ0v) is 14.6. The average Bonchev–Trinajstić information content (AvgIpc) is 2.41. The molecule has 0 bridgehead atoms. The van der Waals surface area contributed by atoms with Gasteiger partial charge in [0.25, 0.3) is 5.91 Å². The van der Waals surface area contributed by atoms with Gasteiger partial charge in [0.05, 0.1) is 29.5 Å². The fraction of sp³-hybridized carbons (Fsp3) is 0.533. The second-order valence-corrected chi connectivity index (χ2v) is 6.44. The number of amides is 1. The first kappa shape index (κ1) is 19.2. The first-order chi connectivity index (χ1) is 10.5. The van der Waals surface area contributed by atoms with Crippen molar-refractivity contribution < 1.29 is 19.1 Å². The number of esters is 1. The van der Waals surface area contributed by atoms with Crippen LogP contribution in [0.3, 0.4) is 0 Å². The third kappa shape index (κ3) is 5.69. The van der Waals surface area contributed by atoms with Crippen molar-refractivity contribution >= 4 is 29.2 Å². The molecule has 1 unspecified atom stereocenters. The molecular weight excluding hydrogens is 322 g/mol. The molecule has 0 spiro atoms. The summed E-state index contributed by atoms with van der Waals surface area (Å²) in [6, 6.07) is 0.412. The number of hydrogen-bond donors (Lipinski definition) is 2.